The Morgan fingerprint density at radius 1 is 1.45 bits per heavy atom. The number of halogens is 3. The number of aromatic nitrogens is 2. The standard InChI is InChI=1S/C13H20F3N3O/c1-10-17-5-7-18(10)8-11-4-3-6-19(11)9-12(2,20)13(14,15)16/h5,7,11,20H,3-4,6,8-9H2,1-2H3/t11-,12+/m0/s1. The molecule has 1 aromatic rings. The van der Waals surface area contributed by atoms with Gasteiger partial charge in [0.1, 0.15) is 5.82 Å². The van der Waals surface area contributed by atoms with Gasteiger partial charge < -0.3 is 9.67 Å². The first kappa shape index (κ1) is 15.3. The van der Waals surface area contributed by atoms with Crippen molar-refractivity contribution in [1.82, 2.24) is 14.5 Å². The molecule has 2 atom stereocenters. The first-order valence-electron chi connectivity index (χ1n) is 6.71. The van der Waals surface area contributed by atoms with Crippen LogP contribution >= 0.6 is 0 Å². The van der Waals surface area contributed by atoms with E-state index >= 15 is 0 Å². The molecule has 4 nitrogen and oxygen atoms in total. The molecule has 0 aliphatic carbocycles. The van der Waals surface area contributed by atoms with E-state index < -0.39 is 11.8 Å². The molecular weight excluding hydrogens is 271 g/mol. The largest absolute Gasteiger partial charge is 0.418 e. The van der Waals surface area contributed by atoms with Crippen LogP contribution in [-0.2, 0) is 6.54 Å². The van der Waals surface area contributed by atoms with Crippen molar-refractivity contribution in [2.24, 2.45) is 0 Å². The van der Waals surface area contributed by atoms with E-state index in [1.807, 2.05) is 17.7 Å². The molecule has 0 bridgehead atoms. The van der Waals surface area contributed by atoms with E-state index in [-0.39, 0.29) is 12.6 Å². The van der Waals surface area contributed by atoms with Gasteiger partial charge in [0.2, 0.25) is 0 Å². The summed E-state index contributed by atoms with van der Waals surface area (Å²) in [5.41, 5.74) is -2.67. The van der Waals surface area contributed by atoms with Crippen LogP contribution in [0, 0.1) is 6.92 Å². The predicted molar refractivity (Wildman–Crippen MR) is 68.2 cm³/mol. The lowest BCUT2D eigenvalue weighted by atomic mass is 10.1. The third kappa shape index (κ3) is 3.15. The summed E-state index contributed by atoms with van der Waals surface area (Å²) in [7, 11) is 0. The van der Waals surface area contributed by atoms with Gasteiger partial charge in [-0.05, 0) is 33.2 Å². The second-order valence-corrected chi connectivity index (χ2v) is 5.66. The van der Waals surface area contributed by atoms with Crippen LogP contribution in [0.3, 0.4) is 0 Å². The van der Waals surface area contributed by atoms with E-state index in [0.29, 0.717) is 13.1 Å². The van der Waals surface area contributed by atoms with Crippen molar-refractivity contribution in [3.05, 3.63) is 18.2 Å². The monoisotopic (exact) mass is 291 g/mol. The molecule has 2 rings (SSSR count). The average Bonchev–Trinajstić information content (AvgIpc) is 2.89. The van der Waals surface area contributed by atoms with Gasteiger partial charge in [-0.25, -0.2) is 4.98 Å². The summed E-state index contributed by atoms with van der Waals surface area (Å²) in [6.45, 7) is 3.52. The van der Waals surface area contributed by atoms with Gasteiger partial charge in [-0.2, -0.15) is 13.2 Å². The summed E-state index contributed by atoms with van der Waals surface area (Å²) in [5.74, 6) is 0.847. The Hall–Kier alpha value is -1.08. The number of hydrogen-bond donors (Lipinski definition) is 1. The fraction of sp³-hybridized carbons (Fsp3) is 0.769. The first-order valence-corrected chi connectivity index (χ1v) is 6.71. The van der Waals surface area contributed by atoms with Crippen LogP contribution in [0.4, 0.5) is 13.2 Å². The summed E-state index contributed by atoms with van der Waals surface area (Å²) in [4.78, 5) is 5.84. The molecule has 2 heterocycles. The van der Waals surface area contributed by atoms with Crippen LogP contribution in [0.2, 0.25) is 0 Å². The van der Waals surface area contributed by atoms with Gasteiger partial charge in [-0.1, -0.05) is 0 Å². The Labute approximate surface area is 116 Å². The lowest BCUT2D eigenvalue weighted by molar-refractivity contribution is -0.258. The molecule has 114 valence electrons. The van der Waals surface area contributed by atoms with Gasteiger partial charge in [0.15, 0.2) is 5.60 Å². The summed E-state index contributed by atoms with van der Waals surface area (Å²) in [6, 6.07) is 0.0109. The molecule has 1 N–H and O–H groups in total. The third-order valence-corrected chi connectivity index (χ3v) is 3.95. The van der Waals surface area contributed by atoms with Crippen molar-refractivity contribution < 1.29 is 18.3 Å². The normalized spacial score (nSPS) is 24.0. The maximum atomic E-state index is 12.8. The second-order valence-electron chi connectivity index (χ2n) is 5.66. The molecule has 0 aromatic carbocycles. The van der Waals surface area contributed by atoms with Crippen LogP contribution in [0.1, 0.15) is 25.6 Å². The fourth-order valence-corrected chi connectivity index (χ4v) is 2.62. The number of likely N-dealkylation sites (tertiary alicyclic amines) is 1. The van der Waals surface area contributed by atoms with Crippen LogP contribution in [0.5, 0.6) is 0 Å². The van der Waals surface area contributed by atoms with E-state index in [4.69, 9.17) is 0 Å². The number of rotatable bonds is 4. The molecule has 0 amide bonds. The minimum absolute atomic E-state index is 0.0109. The van der Waals surface area contributed by atoms with Gasteiger partial charge in [0.25, 0.3) is 0 Å². The van der Waals surface area contributed by atoms with Crippen molar-refractivity contribution in [1.29, 1.82) is 0 Å². The number of hydrogen-bond acceptors (Lipinski definition) is 3. The summed E-state index contributed by atoms with van der Waals surface area (Å²) in [6.07, 6.45) is 0.594. The molecule has 1 saturated heterocycles. The highest BCUT2D eigenvalue weighted by molar-refractivity contribution is 4.94. The maximum absolute atomic E-state index is 12.8. The highest BCUT2D eigenvalue weighted by Crippen LogP contribution is 2.32. The van der Waals surface area contributed by atoms with E-state index in [1.54, 1.807) is 11.1 Å². The number of alkyl halides is 3. The maximum Gasteiger partial charge on any atom is 0.418 e. The van der Waals surface area contributed by atoms with Gasteiger partial charge in [-0.15, -0.1) is 0 Å². The van der Waals surface area contributed by atoms with Crippen LogP contribution in [0.15, 0.2) is 12.4 Å². The number of β-amino-alcohol motifs (C(OH)–C–C–N with tert-alkyl or cyclic N) is 1. The highest BCUT2D eigenvalue weighted by Gasteiger charge is 2.51. The number of aliphatic hydroxyl groups is 1. The topological polar surface area (TPSA) is 41.3 Å². The van der Waals surface area contributed by atoms with Crippen LogP contribution < -0.4 is 0 Å². The summed E-state index contributed by atoms with van der Waals surface area (Å²) >= 11 is 0. The Balaban J connectivity index is 2.03. The molecule has 1 fully saturated rings. The van der Waals surface area contributed by atoms with Crippen molar-refractivity contribution >= 4 is 0 Å². The van der Waals surface area contributed by atoms with Crippen LogP contribution in [0.25, 0.3) is 0 Å². The van der Waals surface area contributed by atoms with Gasteiger partial charge in [0.05, 0.1) is 0 Å². The van der Waals surface area contributed by atoms with Gasteiger partial charge in [0, 0.05) is 31.5 Å². The lowest BCUT2D eigenvalue weighted by Crippen LogP contribution is -2.52. The molecule has 20 heavy (non-hydrogen) atoms. The third-order valence-electron chi connectivity index (χ3n) is 3.95. The molecule has 0 saturated carbocycles. The first-order chi connectivity index (χ1) is 9.21. The van der Waals surface area contributed by atoms with E-state index in [0.717, 1.165) is 25.6 Å². The SMILES string of the molecule is Cc1nccn1C[C@@H]1CCCN1C[C@@](C)(O)C(F)(F)F. The van der Waals surface area contributed by atoms with Gasteiger partial charge >= 0.3 is 6.18 Å². The zero-order chi connectivity index (χ0) is 15.0. The molecule has 0 spiro atoms. The summed E-state index contributed by atoms with van der Waals surface area (Å²) < 4.78 is 40.2. The van der Waals surface area contributed by atoms with E-state index in [9.17, 15) is 18.3 Å². The molecule has 1 aliphatic rings. The minimum atomic E-state index is -4.61. The number of aryl methyl sites for hydroxylation is 1. The van der Waals surface area contributed by atoms with Crippen molar-refractivity contribution in [2.75, 3.05) is 13.1 Å². The Morgan fingerprint density at radius 2 is 2.15 bits per heavy atom. The molecular formula is C13H20F3N3O. The smallest absolute Gasteiger partial charge is 0.380 e. The van der Waals surface area contributed by atoms with Gasteiger partial charge in [-0.3, -0.25) is 4.90 Å². The number of nitrogens with zero attached hydrogens (tertiary/aromatic N) is 3. The Kier molecular flexibility index (Phi) is 4.11. The predicted octanol–water partition coefficient (Wildman–Crippen LogP) is 1.97. The summed E-state index contributed by atoms with van der Waals surface area (Å²) in [5, 5.41) is 9.62. The Bertz CT molecular complexity index is 456. The van der Waals surface area contributed by atoms with E-state index in [2.05, 4.69) is 4.98 Å². The van der Waals surface area contributed by atoms with Crippen LogP contribution in [-0.4, -0.2) is 50.5 Å². The zero-order valence-corrected chi connectivity index (χ0v) is 11.7. The molecule has 0 radical (unpaired) electrons. The fourth-order valence-electron chi connectivity index (χ4n) is 2.62. The molecule has 0 unspecified atom stereocenters. The van der Waals surface area contributed by atoms with Crippen molar-refractivity contribution in [3.63, 3.8) is 0 Å². The zero-order valence-electron chi connectivity index (χ0n) is 11.7. The lowest BCUT2D eigenvalue weighted by Gasteiger charge is -2.34. The van der Waals surface area contributed by atoms with Crippen molar-refractivity contribution in [2.45, 2.75) is 51.1 Å². The quantitative estimate of drug-likeness (QED) is 0.922. The van der Waals surface area contributed by atoms with Crippen molar-refractivity contribution in [3.8, 4) is 0 Å². The number of imidazole rings is 1. The second kappa shape index (κ2) is 5.37. The highest BCUT2D eigenvalue weighted by atomic mass is 19.4. The average molecular weight is 291 g/mol. The molecule has 7 heteroatoms. The van der Waals surface area contributed by atoms with E-state index in [1.165, 1.54) is 0 Å². The molecule has 1 aromatic heterocycles. The minimum Gasteiger partial charge on any atom is -0.380 e. The molecule has 1 aliphatic heterocycles. The Morgan fingerprint density at radius 3 is 2.70 bits per heavy atom.